The number of nitrogen functional groups attached to an aromatic ring is 3. The van der Waals surface area contributed by atoms with Crippen molar-refractivity contribution in [3.05, 3.63) is 53.5 Å². The standard InChI is InChI=1S/C19H20FN5O2/c1-2-27-16-5-10(3-12-9-24-19(23)25-18(12)22)4-15(26)17(16)11-6-13(20)8-14(21)7-11/h4-9,26H,2-3,21H2,1H3,(H4,22,23,24,25). The largest absolute Gasteiger partial charge is 0.507 e. The van der Waals surface area contributed by atoms with Gasteiger partial charge in [0.2, 0.25) is 5.95 Å². The van der Waals surface area contributed by atoms with Crippen molar-refractivity contribution >= 4 is 17.5 Å². The Kier molecular flexibility index (Phi) is 4.98. The Morgan fingerprint density at radius 1 is 1.11 bits per heavy atom. The molecule has 8 heteroatoms. The summed E-state index contributed by atoms with van der Waals surface area (Å²) in [5, 5.41) is 10.6. The van der Waals surface area contributed by atoms with Gasteiger partial charge in [-0.15, -0.1) is 0 Å². The van der Waals surface area contributed by atoms with E-state index >= 15 is 0 Å². The Morgan fingerprint density at radius 3 is 2.56 bits per heavy atom. The summed E-state index contributed by atoms with van der Waals surface area (Å²) in [5.74, 6) is 0.209. The number of phenols is 1. The molecule has 3 aromatic rings. The Bertz CT molecular complexity index is 974. The lowest BCUT2D eigenvalue weighted by Crippen LogP contribution is -2.04. The van der Waals surface area contributed by atoms with Gasteiger partial charge in [0, 0.05) is 23.9 Å². The molecule has 0 radical (unpaired) electrons. The second kappa shape index (κ2) is 7.36. The first-order chi connectivity index (χ1) is 12.9. The van der Waals surface area contributed by atoms with Crippen LogP contribution < -0.4 is 21.9 Å². The summed E-state index contributed by atoms with van der Waals surface area (Å²) < 4.78 is 19.4. The SMILES string of the molecule is CCOc1cc(Cc2cnc(N)nc2N)cc(O)c1-c1cc(N)cc(F)c1. The molecule has 0 spiro atoms. The first kappa shape index (κ1) is 18.2. The van der Waals surface area contributed by atoms with E-state index in [0.717, 1.165) is 5.56 Å². The summed E-state index contributed by atoms with van der Waals surface area (Å²) in [6.07, 6.45) is 1.90. The molecular weight excluding hydrogens is 349 g/mol. The van der Waals surface area contributed by atoms with Crippen molar-refractivity contribution in [2.24, 2.45) is 0 Å². The zero-order valence-corrected chi connectivity index (χ0v) is 14.7. The molecule has 140 valence electrons. The van der Waals surface area contributed by atoms with Crippen LogP contribution in [0.15, 0.2) is 36.5 Å². The van der Waals surface area contributed by atoms with Crippen molar-refractivity contribution in [1.82, 2.24) is 9.97 Å². The van der Waals surface area contributed by atoms with Gasteiger partial charge in [-0.05, 0) is 48.4 Å². The zero-order valence-electron chi connectivity index (χ0n) is 14.7. The maximum absolute atomic E-state index is 13.8. The van der Waals surface area contributed by atoms with Crippen LogP contribution in [-0.4, -0.2) is 21.7 Å². The Hall–Kier alpha value is -3.55. The first-order valence-electron chi connectivity index (χ1n) is 8.29. The van der Waals surface area contributed by atoms with E-state index in [-0.39, 0.29) is 23.2 Å². The second-order valence-electron chi connectivity index (χ2n) is 6.01. The number of rotatable bonds is 5. The predicted molar refractivity (Wildman–Crippen MR) is 103 cm³/mol. The van der Waals surface area contributed by atoms with Crippen molar-refractivity contribution < 1.29 is 14.2 Å². The summed E-state index contributed by atoms with van der Waals surface area (Å²) in [6.45, 7) is 2.19. The minimum absolute atomic E-state index is 0.0594. The third-order valence-corrected chi connectivity index (χ3v) is 3.96. The third kappa shape index (κ3) is 4.00. The summed E-state index contributed by atoms with van der Waals surface area (Å²) in [7, 11) is 0. The summed E-state index contributed by atoms with van der Waals surface area (Å²) >= 11 is 0. The number of hydrogen-bond donors (Lipinski definition) is 4. The Labute approximate surface area is 155 Å². The number of ether oxygens (including phenoxy) is 1. The fourth-order valence-corrected chi connectivity index (χ4v) is 2.86. The topological polar surface area (TPSA) is 133 Å². The van der Waals surface area contributed by atoms with E-state index in [1.165, 1.54) is 18.3 Å². The van der Waals surface area contributed by atoms with E-state index in [1.807, 2.05) is 6.92 Å². The first-order valence-corrected chi connectivity index (χ1v) is 8.29. The van der Waals surface area contributed by atoms with Gasteiger partial charge in [-0.2, -0.15) is 4.98 Å². The molecule has 0 saturated heterocycles. The van der Waals surface area contributed by atoms with Crippen molar-refractivity contribution in [3.63, 3.8) is 0 Å². The van der Waals surface area contributed by atoms with Gasteiger partial charge in [-0.25, -0.2) is 9.37 Å². The van der Waals surface area contributed by atoms with Crippen LogP contribution in [0.1, 0.15) is 18.1 Å². The number of halogens is 1. The van der Waals surface area contributed by atoms with Gasteiger partial charge in [-0.3, -0.25) is 0 Å². The molecule has 1 heterocycles. The van der Waals surface area contributed by atoms with Gasteiger partial charge in [0.05, 0.1) is 12.2 Å². The van der Waals surface area contributed by atoms with Gasteiger partial charge in [0.1, 0.15) is 23.1 Å². The number of anilines is 3. The maximum Gasteiger partial charge on any atom is 0.221 e. The van der Waals surface area contributed by atoms with Crippen LogP contribution in [0.5, 0.6) is 11.5 Å². The number of nitrogens with two attached hydrogens (primary N) is 3. The molecule has 0 aliphatic carbocycles. The normalized spacial score (nSPS) is 10.7. The van der Waals surface area contributed by atoms with E-state index in [4.69, 9.17) is 21.9 Å². The molecule has 0 unspecified atom stereocenters. The average Bonchev–Trinajstić information content (AvgIpc) is 2.56. The Morgan fingerprint density at radius 2 is 1.89 bits per heavy atom. The molecule has 0 aliphatic heterocycles. The zero-order chi connectivity index (χ0) is 19.6. The number of hydrogen-bond acceptors (Lipinski definition) is 7. The monoisotopic (exact) mass is 369 g/mol. The molecule has 0 amide bonds. The van der Waals surface area contributed by atoms with Crippen molar-refractivity contribution in [1.29, 1.82) is 0 Å². The summed E-state index contributed by atoms with van der Waals surface area (Å²) in [4.78, 5) is 7.87. The molecule has 0 aliphatic rings. The molecule has 0 atom stereocenters. The van der Waals surface area contributed by atoms with E-state index in [9.17, 15) is 9.50 Å². The lowest BCUT2D eigenvalue weighted by molar-refractivity contribution is 0.339. The van der Waals surface area contributed by atoms with Gasteiger partial charge in [0.15, 0.2) is 0 Å². The fraction of sp³-hybridized carbons (Fsp3) is 0.158. The van der Waals surface area contributed by atoms with Gasteiger partial charge < -0.3 is 27.0 Å². The van der Waals surface area contributed by atoms with Crippen LogP contribution in [0.25, 0.3) is 11.1 Å². The van der Waals surface area contributed by atoms with Crippen molar-refractivity contribution in [3.8, 4) is 22.6 Å². The minimum atomic E-state index is -0.497. The minimum Gasteiger partial charge on any atom is -0.507 e. The quantitative estimate of drug-likeness (QED) is 0.508. The summed E-state index contributed by atoms with van der Waals surface area (Å²) in [5.41, 5.74) is 19.6. The predicted octanol–water partition coefficient (Wildman–Crippen LogP) is 2.72. The summed E-state index contributed by atoms with van der Waals surface area (Å²) in [6, 6.07) is 7.40. The van der Waals surface area contributed by atoms with Gasteiger partial charge in [-0.1, -0.05) is 0 Å². The van der Waals surface area contributed by atoms with Crippen LogP contribution >= 0.6 is 0 Å². The van der Waals surface area contributed by atoms with E-state index in [0.29, 0.717) is 35.5 Å². The van der Waals surface area contributed by atoms with Gasteiger partial charge in [0.25, 0.3) is 0 Å². The highest BCUT2D eigenvalue weighted by molar-refractivity contribution is 5.79. The van der Waals surface area contributed by atoms with E-state index in [1.54, 1.807) is 18.2 Å². The lowest BCUT2D eigenvalue weighted by atomic mass is 9.98. The smallest absolute Gasteiger partial charge is 0.221 e. The highest BCUT2D eigenvalue weighted by Crippen LogP contribution is 2.40. The number of benzene rings is 2. The van der Waals surface area contributed by atoms with Crippen LogP contribution in [0.3, 0.4) is 0 Å². The molecule has 0 fully saturated rings. The number of aromatic nitrogens is 2. The van der Waals surface area contributed by atoms with E-state index < -0.39 is 5.82 Å². The molecule has 3 rings (SSSR count). The van der Waals surface area contributed by atoms with Crippen LogP contribution in [0.2, 0.25) is 0 Å². The van der Waals surface area contributed by atoms with Crippen molar-refractivity contribution in [2.75, 3.05) is 23.8 Å². The molecule has 27 heavy (non-hydrogen) atoms. The molecule has 0 saturated carbocycles. The molecule has 2 aromatic carbocycles. The van der Waals surface area contributed by atoms with E-state index in [2.05, 4.69) is 9.97 Å². The average molecular weight is 369 g/mol. The molecule has 1 aromatic heterocycles. The number of phenolic OH excluding ortho intramolecular Hbond substituents is 1. The molecule has 7 N–H and O–H groups in total. The number of nitrogens with zero attached hydrogens (tertiary/aromatic N) is 2. The fourth-order valence-electron chi connectivity index (χ4n) is 2.86. The highest BCUT2D eigenvalue weighted by Gasteiger charge is 2.16. The Balaban J connectivity index is 2.06. The third-order valence-electron chi connectivity index (χ3n) is 3.96. The molecule has 0 bridgehead atoms. The molecular formula is C19H20FN5O2. The van der Waals surface area contributed by atoms with Crippen LogP contribution in [0.4, 0.5) is 21.8 Å². The van der Waals surface area contributed by atoms with Crippen molar-refractivity contribution in [2.45, 2.75) is 13.3 Å². The lowest BCUT2D eigenvalue weighted by Gasteiger charge is -2.15. The number of aromatic hydroxyl groups is 1. The van der Waals surface area contributed by atoms with Crippen LogP contribution in [0, 0.1) is 5.82 Å². The van der Waals surface area contributed by atoms with Gasteiger partial charge >= 0.3 is 0 Å². The second-order valence-corrected chi connectivity index (χ2v) is 6.01. The maximum atomic E-state index is 13.8. The highest BCUT2D eigenvalue weighted by atomic mass is 19.1. The van der Waals surface area contributed by atoms with Crippen LogP contribution in [-0.2, 0) is 6.42 Å². The molecule has 7 nitrogen and oxygen atoms in total.